The third-order valence-corrected chi connectivity index (χ3v) is 1.20. The molecule has 0 spiro atoms. The molecule has 0 aliphatic carbocycles. The monoisotopic (exact) mass is 149 g/mol. The summed E-state index contributed by atoms with van der Waals surface area (Å²) in [5.74, 6) is 0. The van der Waals surface area contributed by atoms with E-state index < -0.39 is 0 Å². The van der Waals surface area contributed by atoms with Crippen LogP contribution in [0.2, 0.25) is 0 Å². The summed E-state index contributed by atoms with van der Waals surface area (Å²) in [7, 11) is 0. The van der Waals surface area contributed by atoms with Crippen molar-refractivity contribution in [3.05, 3.63) is 35.9 Å². The molecule has 0 aliphatic rings. The first-order valence-corrected chi connectivity index (χ1v) is 3.64. The van der Waals surface area contributed by atoms with Crippen molar-refractivity contribution >= 4 is 6.21 Å². The zero-order chi connectivity index (χ0) is 7.94. The fourth-order valence-corrected chi connectivity index (χ4v) is 0.712. The Hall–Kier alpha value is -1.31. The van der Waals surface area contributed by atoms with Crippen LogP contribution in [0.3, 0.4) is 0 Å². The second kappa shape index (κ2) is 4.50. The van der Waals surface area contributed by atoms with E-state index in [4.69, 9.17) is 4.84 Å². The van der Waals surface area contributed by atoms with Crippen molar-refractivity contribution in [1.29, 1.82) is 0 Å². The molecule has 0 unspecified atom stereocenters. The Balaban J connectivity index is 2.50. The van der Waals surface area contributed by atoms with Crippen LogP contribution in [0.25, 0.3) is 0 Å². The lowest BCUT2D eigenvalue weighted by Crippen LogP contribution is -1.82. The zero-order valence-corrected chi connectivity index (χ0v) is 6.53. The molecule has 0 N–H and O–H groups in total. The highest BCUT2D eigenvalue weighted by molar-refractivity contribution is 5.78. The van der Waals surface area contributed by atoms with Crippen molar-refractivity contribution in [2.24, 2.45) is 5.16 Å². The van der Waals surface area contributed by atoms with E-state index >= 15 is 0 Å². The Morgan fingerprint density at radius 3 is 2.73 bits per heavy atom. The van der Waals surface area contributed by atoms with Crippen molar-refractivity contribution in [2.45, 2.75) is 6.92 Å². The van der Waals surface area contributed by atoms with E-state index in [1.54, 1.807) is 6.21 Å². The maximum absolute atomic E-state index is 4.81. The number of benzene rings is 1. The molecule has 1 rings (SSSR count). The molecular formula is C9H11NO. The number of hydrogen-bond acceptors (Lipinski definition) is 2. The molecular weight excluding hydrogens is 138 g/mol. The summed E-state index contributed by atoms with van der Waals surface area (Å²) in [6.45, 7) is 2.52. The Morgan fingerprint density at radius 2 is 2.09 bits per heavy atom. The lowest BCUT2D eigenvalue weighted by molar-refractivity contribution is 0.160. The Morgan fingerprint density at radius 1 is 1.36 bits per heavy atom. The molecule has 0 fully saturated rings. The van der Waals surface area contributed by atoms with E-state index in [0.29, 0.717) is 6.61 Å². The average Bonchev–Trinajstić information content (AvgIpc) is 2.07. The second-order valence-corrected chi connectivity index (χ2v) is 2.06. The molecule has 1 aromatic carbocycles. The first-order chi connectivity index (χ1) is 5.43. The minimum Gasteiger partial charge on any atom is -0.396 e. The summed E-state index contributed by atoms with van der Waals surface area (Å²) in [4.78, 5) is 4.81. The summed E-state index contributed by atoms with van der Waals surface area (Å²) >= 11 is 0. The van der Waals surface area contributed by atoms with Gasteiger partial charge in [0, 0.05) is 0 Å². The van der Waals surface area contributed by atoms with E-state index in [9.17, 15) is 0 Å². The predicted molar refractivity (Wildman–Crippen MR) is 45.7 cm³/mol. The summed E-state index contributed by atoms with van der Waals surface area (Å²) in [6, 6.07) is 9.85. The van der Waals surface area contributed by atoms with Gasteiger partial charge in [-0.2, -0.15) is 0 Å². The van der Waals surface area contributed by atoms with Crippen molar-refractivity contribution < 1.29 is 4.84 Å². The average molecular weight is 149 g/mol. The van der Waals surface area contributed by atoms with E-state index in [1.807, 2.05) is 37.3 Å². The van der Waals surface area contributed by atoms with Crippen LogP contribution in [0.4, 0.5) is 0 Å². The van der Waals surface area contributed by atoms with Gasteiger partial charge in [-0.3, -0.25) is 0 Å². The fraction of sp³-hybridized carbons (Fsp3) is 0.222. The van der Waals surface area contributed by atoms with Crippen LogP contribution in [0.15, 0.2) is 35.5 Å². The van der Waals surface area contributed by atoms with Gasteiger partial charge < -0.3 is 4.84 Å². The van der Waals surface area contributed by atoms with Gasteiger partial charge in [0.05, 0.1) is 6.21 Å². The van der Waals surface area contributed by atoms with Gasteiger partial charge in [-0.1, -0.05) is 35.5 Å². The highest BCUT2D eigenvalue weighted by Gasteiger charge is 1.81. The van der Waals surface area contributed by atoms with Gasteiger partial charge in [-0.15, -0.1) is 0 Å². The van der Waals surface area contributed by atoms with Gasteiger partial charge in [-0.25, -0.2) is 0 Å². The molecule has 2 nitrogen and oxygen atoms in total. The molecule has 0 radical (unpaired) electrons. The van der Waals surface area contributed by atoms with Crippen molar-refractivity contribution in [2.75, 3.05) is 6.61 Å². The van der Waals surface area contributed by atoms with Gasteiger partial charge in [0.15, 0.2) is 0 Å². The summed E-state index contributed by atoms with van der Waals surface area (Å²) in [5.41, 5.74) is 1.06. The van der Waals surface area contributed by atoms with Crippen LogP contribution in [-0.4, -0.2) is 12.8 Å². The number of hydrogen-bond donors (Lipinski definition) is 0. The normalized spacial score (nSPS) is 10.3. The Kier molecular flexibility index (Phi) is 3.19. The molecule has 11 heavy (non-hydrogen) atoms. The van der Waals surface area contributed by atoms with E-state index in [1.165, 1.54) is 0 Å². The quantitative estimate of drug-likeness (QED) is 0.476. The SMILES string of the molecule is CCO/N=C/c1ccccc1. The van der Waals surface area contributed by atoms with Crippen LogP contribution in [0.1, 0.15) is 12.5 Å². The maximum Gasteiger partial charge on any atom is 0.114 e. The topological polar surface area (TPSA) is 21.6 Å². The van der Waals surface area contributed by atoms with E-state index in [0.717, 1.165) is 5.56 Å². The summed E-state index contributed by atoms with van der Waals surface area (Å²) in [6.07, 6.45) is 1.70. The summed E-state index contributed by atoms with van der Waals surface area (Å²) in [5, 5.41) is 3.74. The van der Waals surface area contributed by atoms with Gasteiger partial charge in [-0.05, 0) is 12.5 Å². The lowest BCUT2D eigenvalue weighted by atomic mass is 10.2. The molecule has 0 saturated heterocycles. The molecule has 0 bridgehead atoms. The van der Waals surface area contributed by atoms with Crippen LogP contribution in [0, 0.1) is 0 Å². The fourth-order valence-electron chi connectivity index (χ4n) is 0.712. The molecule has 0 saturated carbocycles. The maximum atomic E-state index is 4.81. The molecule has 1 aromatic rings. The minimum atomic E-state index is 0.614. The summed E-state index contributed by atoms with van der Waals surface area (Å²) < 4.78 is 0. The number of oxime groups is 1. The van der Waals surface area contributed by atoms with E-state index in [2.05, 4.69) is 5.16 Å². The third kappa shape index (κ3) is 2.85. The number of nitrogens with zero attached hydrogens (tertiary/aromatic N) is 1. The molecule has 0 aliphatic heterocycles. The standard InChI is InChI=1S/C9H11NO/c1-2-11-10-8-9-6-4-3-5-7-9/h3-8H,2H2,1H3/b10-8+. The van der Waals surface area contributed by atoms with Gasteiger partial charge in [0.1, 0.15) is 6.61 Å². The third-order valence-electron chi connectivity index (χ3n) is 1.20. The largest absolute Gasteiger partial charge is 0.396 e. The van der Waals surface area contributed by atoms with Crippen LogP contribution < -0.4 is 0 Å². The molecule has 0 amide bonds. The highest BCUT2D eigenvalue weighted by Crippen LogP contribution is 1.93. The Bertz CT molecular complexity index is 218. The molecule has 0 atom stereocenters. The van der Waals surface area contributed by atoms with Crippen molar-refractivity contribution in [3.8, 4) is 0 Å². The Labute approximate surface area is 66.5 Å². The predicted octanol–water partition coefficient (Wildman–Crippen LogP) is 2.06. The smallest absolute Gasteiger partial charge is 0.114 e. The first kappa shape index (κ1) is 7.79. The molecule has 0 heterocycles. The first-order valence-electron chi connectivity index (χ1n) is 3.64. The van der Waals surface area contributed by atoms with Crippen LogP contribution in [0.5, 0.6) is 0 Å². The van der Waals surface area contributed by atoms with Crippen molar-refractivity contribution in [1.82, 2.24) is 0 Å². The number of rotatable bonds is 3. The minimum absolute atomic E-state index is 0.614. The van der Waals surface area contributed by atoms with Crippen molar-refractivity contribution in [3.63, 3.8) is 0 Å². The van der Waals surface area contributed by atoms with Gasteiger partial charge >= 0.3 is 0 Å². The van der Waals surface area contributed by atoms with E-state index in [-0.39, 0.29) is 0 Å². The molecule has 58 valence electrons. The zero-order valence-electron chi connectivity index (χ0n) is 6.53. The highest BCUT2D eigenvalue weighted by atomic mass is 16.6. The molecule has 0 aromatic heterocycles. The van der Waals surface area contributed by atoms with Crippen LogP contribution >= 0.6 is 0 Å². The second-order valence-electron chi connectivity index (χ2n) is 2.06. The van der Waals surface area contributed by atoms with Gasteiger partial charge in [0.2, 0.25) is 0 Å². The molecule has 2 heteroatoms. The van der Waals surface area contributed by atoms with Gasteiger partial charge in [0.25, 0.3) is 0 Å². The van der Waals surface area contributed by atoms with Crippen LogP contribution in [-0.2, 0) is 4.84 Å². The lowest BCUT2D eigenvalue weighted by Gasteiger charge is -1.91.